The summed E-state index contributed by atoms with van der Waals surface area (Å²) >= 11 is 1.50. The molecule has 2 radical (unpaired) electrons. The van der Waals surface area contributed by atoms with Crippen LogP contribution in [0.2, 0.25) is 0 Å². The van der Waals surface area contributed by atoms with E-state index in [1.165, 1.54) is 11.8 Å². The van der Waals surface area contributed by atoms with Crippen LogP contribution in [0.3, 0.4) is 0 Å². The van der Waals surface area contributed by atoms with Crippen LogP contribution in [-0.2, 0) is 11.3 Å². The highest BCUT2D eigenvalue weighted by Crippen LogP contribution is 2.30. The molecule has 4 rings (SSSR count). The third-order valence-electron chi connectivity index (χ3n) is 4.31. The maximum absolute atomic E-state index is 12.2. The Hall–Kier alpha value is -2.93. The van der Waals surface area contributed by atoms with Gasteiger partial charge in [0.05, 0.1) is 5.75 Å². The van der Waals surface area contributed by atoms with Crippen LogP contribution in [0.25, 0.3) is 10.9 Å². The fourth-order valence-electron chi connectivity index (χ4n) is 3.09. The van der Waals surface area contributed by atoms with E-state index in [2.05, 4.69) is 39.4 Å². The second-order valence-electron chi connectivity index (χ2n) is 6.54. The molecule has 0 spiro atoms. The quantitative estimate of drug-likeness (QED) is 0.406. The van der Waals surface area contributed by atoms with Crippen molar-refractivity contribution in [1.82, 2.24) is 9.72 Å². The lowest BCUT2D eigenvalue weighted by Crippen LogP contribution is -2.14. The van der Waals surface area contributed by atoms with Crippen LogP contribution in [0.4, 0.5) is 5.82 Å². The minimum Gasteiger partial charge on any atom is -0.360 e. The monoisotopic (exact) mass is 387 g/mol. The van der Waals surface area contributed by atoms with Crippen molar-refractivity contribution in [3.8, 4) is 0 Å². The Morgan fingerprint density at radius 3 is 2.86 bits per heavy atom. The van der Waals surface area contributed by atoms with E-state index in [-0.39, 0.29) is 11.7 Å². The molecule has 0 atom stereocenters. The third kappa shape index (κ3) is 4.15. The molecule has 2 heterocycles. The van der Waals surface area contributed by atoms with Crippen LogP contribution >= 0.6 is 11.8 Å². The Kier molecular flexibility index (Phi) is 5.26. The molecular weight excluding hydrogens is 369 g/mol. The van der Waals surface area contributed by atoms with Crippen LogP contribution in [0.5, 0.6) is 0 Å². The van der Waals surface area contributed by atoms with E-state index in [0.717, 1.165) is 33.4 Å². The standard InChI is InChI=1S/C21H18BN3O2S/c1-14-9-20(24-27-14)23-21(26)13-28-19-12-25(18-8-3-2-7-17(18)19)11-15-5-4-6-16(22)10-15/h2-10,12H,11,13H2,1H3,(H,23,24,26). The fourth-order valence-corrected chi connectivity index (χ4v) is 3.98. The second kappa shape index (κ2) is 7.98. The van der Waals surface area contributed by atoms with Gasteiger partial charge in [-0.25, -0.2) is 0 Å². The molecular formula is C21H18BN3O2S. The van der Waals surface area contributed by atoms with E-state index in [9.17, 15) is 4.79 Å². The Labute approximate surface area is 168 Å². The lowest BCUT2D eigenvalue weighted by Gasteiger charge is -2.06. The molecule has 28 heavy (non-hydrogen) atoms. The number of rotatable bonds is 6. The van der Waals surface area contributed by atoms with Gasteiger partial charge in [-0.3, -0.25) is 4.79 Å². The Balaban J connectivity index is 1.51. The summed E-state index contributed by atoms with van der Waals surface area (Å²) in [7, 11) is 5.91. The first kappa shape index (κ1) is 18.4. The van der Waals surface area contributed by atoms with Crippen LogP contribution in [-0.4, -0.2) is 29.2 Å². The molecule has 0 bridgehead atoms. The summed E-state index contributed by atoms with van der Waals surface area (Å²) in [4.78, 5) is 13.3. The summed E-state index contributed by atoms with van der Waals surface area (Å²) in [5, 5.41) is 7.66. The number of nitrogens with one attached hydrogen (secondary N) is 1. The molecule has 0 saturated carbocycles. The van der Waals surface area contributed by atoms with Gasteiger partial charge in [0.25, 0.3) is 0 Å². The van der Waals surface area contributed by atoms with Crippen LogP contribution in [0.15, 0.2) is 70.2 Å². The van der Waals surface area contributed by atoms with Crippen LogP contribution < -0.4 is 10.8 Å². The zero-order chi connectivity index (χ0) is 19.5. The molecule has 138 valence electrons. The molecule has 5 nitrogen and oxygen atoms in total. The number of aromatic nitrogens is 2. The number of carbonyl (C=O) groups is 1. The zero-order valence-electron chi connectivity index (χ0n) is 15.4. The molecule has 0 fully saturated rings. The van der Waals surface area contributed by atoms with Gasteiger partial charge < -0.3 is 14.4 Å². The summed E-state index contributed by atoms with van der Waals surface area (Å²) < 4.78 is 7.16. The Morgan fingerprint density at radius 1 is 1.21 bits per heavy atom. The number of carbonyl (C=O) groups excluding carboxylic acids is 1. The number of hydrogen-bond donors (Lipinski definition) is 1. The summed E-state index contributed by atoms with van der Waals surface area (Å²) in [6.07, 6.45) is 2.09. The smallest absolute Gasteiger partial charge is 0.235 e. The summed E-state index contributed by atoms with van der Waals surface area (Å²) in [6, 6.07) is 17.8. The van der Waals surface area contributed by atoms with Crippen molar-refractivity contribution in [3.05, 3.63) is 72.1 Å². The van der Waals surface area contributed by atoms with Crippen molar-refractivity contribution in [2.45, 2.75) is 18.4 Å². The van der Waals surface area contributed by atoms with E-state index in [1.807, 2.05) is 30.3 Å². The van der Waals surface area contributed by atoms with Gasteiger partial charge >= 0.3 is 0 Å². The number of benzene rings is 2. The minimum absolute atomic E-state index is 0.119. The highest BCUT2D eigenvalue weighted by Gasteiger charge is 2.12. The number of hydrogen-bond acceptors (Lipinski definition) is 4. The molecule has 0 aliphatic carbocycles. The lowest BCUT2D eigenvalue weighted by molar-refractivity contribution is -0.113. The number of anilines is 1. The van der Waals surface area contributed by atoms with Gasteiger partial charge in [-0.2, -0.15) is 0 Å². The van der Waals surface area contributed by atoms with Crippen molar-refractivity contribution in [3.63, 3.8) is 0 Å². The molecule has 2 aromatic carbocycles. The SMILES string of the molecule is [B]c1cccc(Cn2cc(SCC(=O)Nc3cc(C)on3)c3ccccc32)c1. The van der Waals surface area contributed by atoms with Crippen molar-refractivity contribution in [2.24, 2.45) is 0 Å². The number of thioether (sulfide) groups is 1. The van der Waals surface area contributed by atoms with Gasteiger partial charge in [-0.15, -0.1) is 11.8 Å². The number of fused-ring (bicyclic) bond motifs is 1. The molecule has 7 heteroatoms. The first-order valence-corrected chi connectivity index (χ1v) is 9.85. The van der Waals surface area contributed by atoms with Crippen molar-refractivity contribution in [2.75, 3.05) is 11.1 Å². The number of aryl methyl sites for hydroxylation is 1. The maximum Gasteiger partial charge on any atom is 0.235 e. The molecule has 1 amide bonds. The van der Waals surface area contributed by atoms with E-state index < -0.39 is 0 Å². The molecule has 1 N–H and O–H groups in total. The summed E-state index contributed by atoms with van der Waals surface area (Å²) in [6.45, 7) is 2.50. The van der Waals surface area contributed by atoms with E-state index >= 15 is 0 Å². The van der Waals surface area contributed by atoms with Gasteiger partial charge in [0, 0.05) is 34.6 Å². The summed E-state index contributed by atoms with van der Waals surface area (Å²) in [5.74, 6) is 1.27. The maximum atomic E-state index is 12.2. The number of nitrogens with zero attached hydrogens (tertiary/aromatic N) is 2. The molecule has 0 aliphatic rings. The van der Waals surface area contributed by atoms with E-state index in [4.69, 9.17) is 12.4 Å². The van der Waals surface area contributed by atoms with E-state index in [0.29, 0.717) is 11.6 Å². The molecule has 0 unspecified atom stereocenters. The lowest BCUT2D eigenvalue weighted by atomic mass is 9.94. The van der Waals surface area contributed by atoms with Crippen molar-refractivity contribution >= 4 is 47.7 Å². The molecule has 4 aromatic rings. The summed E-state index contributed by atoms with van der Waals surface area (Å²) in [5.41, 5.74) is 3.01. The predicted molar refractivity (Wildman–Crippen MR) is 113 cm³/mol. The van der Waals surface area contributed by atoms with Gasteiger partial charge in [-0.1, -0.05) is 53.1 Å². The first-order valence-electron chi connectivity index (χ1n) is 8.87. The minimum atomic E-state index is -0.119. The average molecular weight is 387 g/mol. The van der Waals surface area contributed by atoms with Crippen molar-refractivity contribution in [1.29, 1.82) is 0 Å². The van der Waals surface area contributed by atoms with E-state index in [1.54, 1.807) is 13.0 Å². The zero-order valence-corrected chi connectivity index (χ0v) is 16.2. The fraction of sp³-hybridized carbons (Fsp3) is 0.143. The average Bonchev–Trinajstić information content (AvgIpc) is 3.24. The van der Waals surface area contributed by atoms with Gasteiger partial charge in [0.2, 0.25) is 5.91 Å². The van der Waals surface area contributed by atoms with Crippen LogP contribution in [0.1, 0.15) is 11.3 Å². The highest BCUT2D eigenvalue weighted by atomic mass is 32.2. The highest BCUT2D eigenvalue weighted by molar-refractivity contribution is 8.00. The van der Waals surface area contributed by atoms with Gasteiger partial charge in [-0.05, 0) is 18.6 Å². The van der Waals surface area contributed by atoms with Gasteiger partial charge in [0.1, 0.15) is 13.6 Å². The Morgan fingerprint density at radius 2 is 2.07 bits per heavy atom. The predicted octanol–water partition coefficient (Wildman–Crippen LogP) is 3.51. The largest absolute Gasteiger partial charge is 0.360 e. The second-order valence-corrected chi connectivity index (χ2v) is 7.56. The molecule has 0 aliphatic heterocycles. The first-order chi connectivity index (χ1) is 13.6. The van der Waals surface area contributed by atoms with Crippen LogP contribution in [0, 0.1) is 6.92 Å². The van der Waals surface area contributed by atoms with Gasteiger partial charge in [0.15, 0.2) is 5.82 Å². The Bertz CT molecular complexity index is 1140. The number of para-hydroxylation sites is 1. The topological polar surface area (TPSA) is 60.1 Å². The normalized spacial score (nSPS) is 11.0. The van der Waals surface area contributed by atoms with Crippen molar-refractivity contribution < 1.29 is 9.32 Å². The third-order valence-corrected chi connectivity index (χ3v) is 5.35. The molecule has 0 saturated heterocycles. The molecule has 2 aromatic heterocycles. The number of amides is 1.